The molecule has 9 heteroatoms. The molecule has 4 rings (SSSR count). The maximum absolute atomic E-state index is 12.3. The van der Waals surface area contributed by atoms with Crippen LogP contribution in [-0.4, -0.2) is 42.4 Å². The second kappa shape index (κ2) is 9.17. The molecule has 0 aliphatic carbocycles. The van der Waals surface area contributed by atoms with Crippen molar-refractivity contribution in [2.45, 2.75) is 0 Å². The summed E-state index contributed by atoms with van der Waals surface area (Å²) in [5.41, 5.74) is 2.52. The van der Waals surface area contributed by atoms with Crippen molar-refractivity contribution in [2.75, 3.05) is 26.6 Å². The van der Waals surface area contributed by atoms with E-state index in [2.05, 4.69) is 20.4 Å². The Morgan fingerprint density at radius 3 is 2.12 bits per heavy atom. The number of amides is 1. The Labute approximate surface area is 184 Å². The second-order valence-electron chi connectivity index (χ2n) is 6.60. The van der Waals surface area contributed by atoms with Crippen LogP contribution in [0.15, 0.2) is 65.4 Å². The van der Waals surface area contributed by atoms with Gasteiger partial charge in [-0.25, -0.2) is 0 Å². The van der Waals surface area contributed by atoms with Gasteiger partial charge >= 0.3 is 0 Å². The van der Waals surface area contributed by atoms with E-state index < -0.39 is 0 Å². The van der Waals surface area contributed by atoms with Crippen LogP contribution in [0.2, 0.25) is 0 Å². The standard InChI is InChI=1S/C23H20N4O5/c1-29-18-12-16(13-19(30-2)20(18)31-3)23-26-21(27-32-23)14-4-6-17(7-5-14)25-22(28)15-8-10-24-11-9-15/h4-13H,1-3H3,(H,25,28). The van der Waals surface area contributed by atoms with E-state index in [4.69, 9.17) is 18.7 Å². The summed E-state index contributed by atoms with van der Waals surface area (Å²) in [7, 11) is 4.61. The minimum atomic E-state index is -0.218. The zero-order valence-corrected chi connectivity index (χ0v) is 17.7. The number of nitrogens with one attached hydrogen (secondary N) is 1. The molecule has 0 bridgehead atoms. The number of nitrogens with zero attached hydrogens (tertiary/aromatic N) is 3. The zero-order valence-electron chi connectivity index (χ0n) is 17.7. The van der Waals surface area contributed by atoms with Gasteiger partial charge in [0.15, 0.2) is 11.5 Å². The molecule has 2 aromatic heterocycles. The van der Waals surface area contributed by atoms with Crippen molar-refractivity contribution in [2.24, 2.45) is 0 Å². The molecule has 0 unspecified atom stereocenters. The molecule has 0 fully saturated rings. The fourth-order valence-corrected chi connectivity index (χ4v) is 3.07. The van der Waals surface area contributed by atoms with E-state index in [1.807, 2.05) is 0 Å². The highest BCUT2D eigenvalue weighted by molar-refractivity contribution is 6.04. The third-order valence-electron chi connectivity index (χ3n) is 4.68. The van der Waals surface area contributed by atoms with E-state index in [0.717, 1.165) is 5.56 Å². The molecular formula is C23H20N4O5. The second-order valence-corrected chi connectivity index (χ2v) is 6.60. The fraction of sp³-hybridized carbons (Fsp3) is 0.130. The first-order valence-electron chi connectivity index (χ1n) is 9.59. The first-order valence-corrected chi connectivity index (χ1v) is 9.59. The summed E-state index contributed by atoms with van der Waals surface area (Å²) in [6.07, 6.45) is 3.14. The molecule has 0 atom stereocenters. The van der Waals surface area contributed by atoms with Crippen LogP contribution in [-0.2, 0) is 0 Å². The molecule has 162 valence electrons. The van der Waals surface area contributed by atoms with Gasteiger partial charge in [-0.15, -0.1) is 0 Å². The average molecular weight is 432 g/mol. The predicted octanol–water partition coefficient (Wildman–Crippen LogP) is 4.08. The number of rotatable bonds is 7. The number of carbonyl (C=O) groups excluding carboxylic acids is 1. The number of ether oxygens (including phenoxy) is 3. The highest BCUT2D eigenvalue weighted by Crippen LogP contribution is 2.41. The van der Waals surface area contributed by atoms with Crippen LogP contribution in [0.25, 0.3) is 22.8 Å². The largest absolute Gasteiger partial charge is 0.493 e. The van der Waals surface area contributed by atoms with E-state index in [1.54, 1.807) is 60.9 Å². The van der Waals surface area contributed by atoms with Crippen LogP contribution >= 0.6 is 0 Å². The summed E-state index contributed by atoms with van der Waals surface area (Å²) in [4.78, 5) is 20.7. The first-order chi connectivity index (χ1) is 15.6. The van der Waals surface area contributed by atoms with Crippen molar-refractivity contribution in [1.82, 2.24) is 15.1 Å². The number of aromatic nitrogens is 3. The number of benzene rings is 2. The van der Waals surface area contributed by atoms with Crippen molar-refractivity contribution in [3.8, 4) is 40.1 Å². The van der Waals surface area contributed by atoms with Gasteiger partial charge in [-0.1, -0.05) is 5.16 Å². The lowest BCUT2D eigenvalue weighted by Crippen LogP contribution is -2.11. The van der Waals surface area contributed by atoms with Gasteiger partial charge in [0.05, 0.1) is 21.3 Å². The van der Waals surface area contributed by atoms with Gasteiger partial charge in [-0.2, -0.15) is 4.98 Å². The quantitative estimate of drug-likeness (QED) is 0.465. The van der Waals surface area contributed by atoms with E-state index in [-0.39, 0.29) is 5.91 Å². The third kappa shape index (κ3) is 4.22. The van der Waals surface area contributed by atoms with Crippen LogP contribution in [0.5, 0.6) is 17.2 Å². The maximum atomic E-state index is 12.3. The molecule has 0 radical (unpaired) electrons. The maximum Gasteiger partial charge on any atom is 0.258 e. The highest BCUT2D eigenvalue weighted by atomic mass is 16.5. The first kappa shape index (κ1) is 20.9. The van der Waals surface area contributed by atoms with Gasteiger partial charge in [0.25, 0.3) is 11.8 Å². The monoisotopic (exact) mass is 432 g/mol. The molecule has 1 amide bonds. The Hall–Kier alpha value is -4.40. The van der Waals surface area contributed by atoms with Crippen LogP contribution in [0.1, 0.15) is 10.4 Å². The molecule has 2 aromatic carbocycles. The van der Waals surface area contributed by atoms with Gasteiger partial charge in [-0.3, -0.25) is 9.78 Å². The molecular weight excluding hydrogens is 412 g/mol. The van der Waals surface area contributed by atoms with Gasteiger partial charge in [0.1, 0.15) is 0 Å². The number of hydrogen-bond acceptors (Lipinski definition) is 8. The van der Waals surface area contributed by atoms with Crippen LogP contribution in [0.4, 0.5) is 5.69 Å². The van der Waals surface area contributed by atoms with Gasteiger partial charge in [0.2, 0.25) is 11.6 Å². The lowest BCUT2D eigenvalue weighted by atomic mass is 10.1. The summed E-state index contributed by atoms with van der Waals surface area (Å²) in [6, 6.07) is 13.9. The molecule has 0 spiro atoms. The Bertz CT molecular complexity index is 1200. The van der Waals surface area contributed by atoms with Crippen molar-refractivity contribution in [1.29, 1.82) is 0 Å². The minimum absolute atomic E-state index is 0.218. The minimum Gasteiger partial charge on any atom is -0.493 e. The summed E-state index contributed by atoms with van der Waals surface area (Å²) in [6.45, 7) is 0. The molecule has 0 aliphatic rings. The Balaban J connectivity index is 1.55. The molecule has 0 saturated carbocycles. The molecule has 1 N–H and O–H groups in total. The summed E-state index contributed by atoms with van der Waals surface area (Å²) < 4.78 is 21.5. The van der Waals surface area contributed by atoms with Crippen molar-refractivity contribution in [3.63, 3.8) is 0 Å². The average Bonchev–Trinajstić information content (AvgIpc) is 3.34. The lowest BCUT2D eigenvalue weighted by molar-refractivity contribution is 0.102. The van der Waals surface area contributed by atoms with Crippen LogP contribution < -0.4 is 19.5 Å². The Morgan fingerprint density at radius 1 is 0.875 bits per heavy atom. The number of carbonyl (C=O) groups is 1. The zero-order chi connectivity index (χ0) is 22.5. The predicted molar refractivity (Wildman–Crippen MR) is 117 cm³/mol. The van der Waals surface area contributed by atoms with Crippen molar-refractivity contribution < 1.29 is 23.5 Å². The molecule has 2 heterocycles. The highest BCUT2D eigenvalue weighted by Gasteiger charge is 2.18. The molecule has 4 aromatic rings. The Morgan fingerprint density at radius 2 is 1.53 bits per heavy atom. The summed E-state index contributed by atoms with van der Waals surface area (Å²) >= 11 is 0. The van der Waals surface area contributed by atoms with Crippen molar-refractivity contribution in [3.05, 3.63) is 66.5 Å². The number of hydrogen-bond donors (Lipinski definition) is 1. The lowest BCUT2D eigenvalue weighted by Gasteiger charge is -2.12. The van der Waals surface area contributed by atoms with E-state index >= 15 is 0 Å². The van der Waals surface area contributed by atoms with Crippen molar-refractivity contribution >= 4 is 11.6 Å². The molecule has 9 nitrogen and oxygen atoms in total. The Kier molecular flexibility index (Phi) is 5.98. The normalized spacial score (nSPS) is 10.5. The van der Waals surface area contributed by atoms with E-state index in [9.17, 15) is 4.79 Å². The van der Waals surface area contributed by atoms with E-state index in [0.29, 0.717) is 45.8 Å². The SMILES string of the molecule is COc1cc(-c2nc(-c3ccc(NC(=O)c4ccncc4)cc3)no2)cc(OC)c1OC. The van der Waals surface area contributed by atoms with E-state index in [1.165, 1.54) is 21.3 Å². The molecule has 0 saturated heterocycles. The fourth-order valence-electron chi connectivity index (χ4n) is 3.07. The smallest absolute Gasteiger partial charge is 0.258 e. The number of methoxy groups -OCH3 is 3. The summed E-state index contributed by atoms with van der Waals surface area (Å²) in [5.74, 6) is 1.93. The summed E-state index contributed by atoms with van der Waals surface area (Å²) in [5, 5.41) is 6.89. The number of anilines is 1. The van der Waals surface area contributed by atoms with Gasteiger partial charge in [0, 0.05) is 34.8 Å². The van der Waals surface area contributed by atoms with Gasteiger partial charge < -0.3 is 24.1 Å². The topological polar surface area (TPSA) is 109 Å². The van der Waals surface area contributed by atoms with Crippen LogP contribution in [0, 0.1) is 0 Å². The molecule has 0 aliphatic heterocycles. The molecule has 32 heavy (non-hydrogen) atoms. The number of pyridine rings is 1. The van der Waals surface area contributed by atoms with Gasteiger partial charge in [-0.05, 0) is 48.5 Å². The van der Waals surface area contributed by atoms with Crippen LogP contribution in [0.3, 0.4) is 0 Å². The third-order valence-corrected chi connectivity index (χ3v) is 4.68.